The number of hydrogen-bond donors (Lipinski definition) is 3. The molecule has 2 rings (SSSR count). The Bertz CT molecular complexity index is 481. The number of carbonyl (C=O) groups excluding carboxylic acids is 1. The van der Waals surface area contributed by atoms with Crippen molar-refractivity contribution < 1.29 is 9.32 Å². The second-order valence-corrected chi connectivity index (χ2v) is 2.98. The fourth-order valence-electron chi connectivity index (χ4n) is 1.05. The molecule has 2 aromatic heterocycles. The molecule has 2 heterocycles. The van der Waals surface area contributed by atoms with E-state index in [4.69, 9.17) is 5.84 Å². The quantitative estimate of drug-likeness (QED) is 0.457. The molecule has 17 heavy (non-hydrogen) atoms. The molecule has 0 spiro atoms. The summed E-state index contributed by atoms with van der Waals surface area (Å²) >= 11 is 0. The minimum Gasteiger partial charge on any atom is -0.343 e. The standard InChI is InChI=1S/C8H9N7O2/c9-12-6-2-1-5(13-14-6)8(16)10-3-7-11-4-17-15-7/h1-2,4H,3,9H2,(H,10,16)(H,12,14). The molecule has 0 aliphatic rings. The van der Waals surface area contributed by atoms with Crippen LogP contribution >= 0.6 is 0 Å². The molecule has 0 atom stereocenters. The van der Waals surface area contributed by atoms with Gasteiger partial charge in [0.1, 0.15) is 0 Å². The Morgan fingerprint density at radius 2 is 2.29 bits per heavy atom. The van der Waals surface area contributed by atoms with Crippen LogP contribution in [0.3, 0.4) is 0 Å². The summed E-state index contributed by atoms with van der Waals surface area (Å²) in [7, 11) is 0. The normalized spacial score (nSPS) is 9.94. The topological polar surface area (TPSA) is 132 Å². The molecule has 0 aliphatic heterocycles. The molecule has 0 fully saturated rings. The van der Waals surface area contributed by atoms with Crippen LogP contribution in [-0.2, 0) is 6.54 Å². The zero-order chi connectivity index (χ0) is 12.1. The minimum absolute atomic E-state index is 0.161. The van der Waals surface area contributed by atoms with Crippen molar-refractivity contribution in [2.24, 2.45) is 5.84 Å². The van der Waals surface area contributed by atoms with E-state index in [-0.39, 0.29) is 18.1 Å². The van der Waals surface area contributed by atoms with Gasteiger partial charge in [0, 0.05) is 0 Å². The Morgan fingerprint density at radius 3 is 2.88 bits per heavy atom. The zero-order valence-electron chi connectivity index (χ0n) is 8.62. The number of nitrogens with two attached hydrogens (primary N) is 1. The Labute approximate surface area is 95.4 Å². The highest BCUT2D eigenvalue weighted by molar-refractivity contribution is 5.92. The predicted molar refractivity (Wildman–Crippen MR) is 55.3 cm³/mol. The zero-order valence-corrected chi connectivity index (χ0v) is 8.62. The molecule has 0 saturated heterocycles. The SMILES string of the molecule is NNc1ccc(C(=O)NCc2ncon2)nn1. The summed E-state index contributed by atoms with van der Waals surface area (Å²) in [5.41, 5.74) is 2.48. The number of carbonyl (C=O) groups is 1. The number of nitrogen functional groups attached to an aromatic ring is 1. The first kappa shape index (κ1) is 11.0. The maximum absolute atomic E-state index is 11.6. The average Bonchev–Trinajstić information content (AvgIpc) is 2.89. The third-order valence-corrected chi connectivity index (χ3v) is 1.86. The second kappa shape index (κ2) is 4.99. The number of amides is 1. The van der Waals surface area contributed by atoms with Crippen molar-refractivity contribution >= 4 is 11.7 Å². The number of anilines is 1. The van der Waals surface area contributed by atoms with E-state index in [1.54, 1.807) is 0 Å². The Kier molecular flexibility index (Phi) is 3.21. The molecule has 9 heteroatoms. The lowest BCUT2D eigenvalue weighted by Crippen LogP contribution is -2.24. The van der Waals surface area contributed by atoms with Crippen molar-refractivity contribution in [3.8, 4) is 0 Å². The second-order valence-electron chi connectivity index (χ2n) is 2.98. The lowest BCUT2D eigenvalue weighted by Gasteiger charge is -2.01. The Hall–Kier alpha value is -2.55. The van der Waals surface area contributed by atoms with Crippen LogP contribution in [0.2, 0.25) is 0 Å². The van der Waals surface area contributed by atoms with Crippen LogP contribution in [0.1, 0.15) is 16.3 Å². The van der Waals surface area contributed by atoms with Gasteiger partial charge in [-0.1, -0.05) is 5.16 Å². The van der Waals surface area contributed by atoms with E-state index in [1.165, 1.54) is 18.5 Å². The first-order chi connectivity index (χ1) is 8.29. The van der Waals surface area contributed by atoms with Gasteiger partial charge in [-0.25, -0.2) is 5.84 Å². The van der Waals surface area contributed by atoms with Crippen LogP contribution in [0, 0.1) is 0 Å². The summed E-state index contributed by atoms with van der Waals surface area (Å²) in [5.74, 6) is 5.49. The van der Waals surface area contributed by atoms with Crippen LogP contribution in [0.25, 0.3) is 0 Å². The maximum Gasteiger partial charge on any atom is 0.272 e. The van der Waals surface area contributed by atoms with Gasteiger partial charge < -0.3 is 15.3 Å². The molecule has 88 valence electrons. The molecule has 4 N–H and O–H groups in total. The fourth-order valence-corrected chi connectivity index (χ4v) is 1.05. The summed E-state index contributed by atoms with van der Waals surface area (Å²) in [5, 5.41) is 13.5. The summed E-state index contributed by atoms with van der Waals surface area (Å²) < 4.78 is 4.52. The van der Waals surface area contributed by atoms with Crippen molar-refractivity contribution in [2.75, 3.05) is 5.43 Å². The van der Waals surface area contributed by atoms with Crippen LogP contribution in [-0.4, -0.2) is 26.2 Å². The van der Waals surface area contributed by atoms with Crippen molar-refractivity contribution in [1.29, 1.82) is 0 Å². The highest BCUT2D eigenvalue weighted by Gasteiger charge is 2.08. The van der Waals surface area contributed by atoms with Gasteiger partial charge in [-0.2, -0.15) is 4.98 Å². The van der Waals surface area contributed by atoms with Crippen molar-refractivity contribution in [1.82, 2.24) is 25.7 Å². The van der Waals surface area contributed by atoms with Gasteiger partial charge in [-0.3, -0.25) is 4.79 Å². The first-order valence-corrected chi connectivity index (χ1v) is 4.63. The summed E-state index contributed by atoms with van der Waals surface area (Å²) in [6.45, 7) is 0.161. The van der Waals surface area contributed by atoms with Crippen molar-refractivity contribution in [3.63, 3.8) is 0 Å². The third-order valence-electron chi connectivity index (χ3n) is 1.86. The monoisotopic (exact) mass is 235 g/mol. The summed E-state index contributed by atoms with van der Waals surface area (Å²) in [6.07, 6.45) is 1.18. The smallest absolute Gasteiger partial charge is 0.272 e. The highest BCUT2D eigenvalue weighted by Crippen LogP contribution is 2.00. The van der Waals surface area contributed by atoms with Gasteiger partial charge in [0.15, 0.2) is 17.3 Å². The van der Waals surface area contributed by atoms with Gasteiger partial charge in [0.2, 0.25) is 6.39 Å². The lowest BCUT2D eigenvalue weighted by molar-refractivity contribution is 0.0943. The van der Waals surface area contributed by atoms with E-state index in [0.717, 1.165) is 0 Å². The van der Waals surface area contributed by atoms with Gasteiger partial charge >= 0.3 is 0 Å². The molecule has 0 saturated carbocycles. The molecular weight excluding hydrogens is 226 g/mol. The largest absolute Gasteiger partial charge is 0.343 e. The van der Waals surface area contributed by atoms with E-state index in [9.17, 15) is 4.79 Å². The van der Waals surface area contributed by atoms with Gasteiger partial charge in [0.05, 0.1) is 6.54 Å². The number of nitrogens with zero attached hydrogens (tertiary/aromatic N) is 4. The van der Waals surface area contributed by atoms with E-state index < -0.39 is 0 Å². The molecular formula is C8H9N7O2. The van der Waals surface area contributed by atoms with Gasteiger partial charge in [-0.15, -0.1) is 10.2 Å². The molecule has 2 aromatic rings. The maximum atomic E-state index is 11.6. The molecule has 0 unspecified atom stereocenters. The minimum atomic E-state index is -0.383. The molecule has 0 aromatic carbocycles. The van der Waals surface area contributed by atoms with Crippen molar-refractivity contribution in [3.05, 3.63) is 30.0 Å². The third kappa shape index (κ3) is 2.72. The Morgan fingerprint density at radius 1 is 1.41 bits per heavy atom. The molecule has 1 amide bonds. The molecule has 0 radical (unpaired) electrons. The molecule has 0 bridgehead atoms. The number of aromatic nitrogens is 4. The van der Waals surface area contributed by atoms with Crippen LogP contribution < -0.4 is 16.6 Å². The predicted octanol–water partition coefficient (Wildman–Crippen LogP) is -0.925. The van der Waals surface area contributed by atoms with Crippen molar-refractivity contribution in [2.45, 2.75) is 6.54 Å². The molecule has 0 aliphatic carbocycles. The summed E-state index contributed by atoms with van der Waals surface area (Å²) in [6, 6.07) is 3.03. The van der Waals surface area contributed by atoms with E-state index in [1.807, 2.05) is 0 Å². The van der Waals surface area contributed by atoms with Crippen LogP contribution in [0.4, 0.5) is 5.82 Å². The number of nitrogens with one attached hydrogen (secondary N) is 2. The number of hydrazine groups is 1. The number of hydrogen-bond acceptors (Lipinski definition) is 8. The van der Waals surface area contributed by atoms with Gasteiger partial charge in [-0.05, 0) is 12.1 Å². The van der Waals surface area contributed by atoms with Gasteiger partial charge in [0.25, 0.3) is 5.91 Å². The fraction of sp³-hybridized carbons (Fsp3) is 0.125. The molecule has 9 nitrogen and oxygen atoms in total. The first-order valence-electron chi connectivity index (χ1n) is 4.63. The lowest BCUT2D eigenvalue weighted by atomic mass is 10.3. The highest BCUT2D eigenvalue weighted by atomic mass is 16.5. The van der Waals surface area contributed by atoms with Crippen LogP contribution in [0.15, 0.2) is 23.0 Å². The summed E-state index contributed by atoms with van der Waals surface area (Å²) in [4.78, 5) is 15.3. The number of rotatable bonds is 4. The van der Waals surface area contributed by atoms with E-state index in [2.05, 4.69) is 35.6 Å². The average molecular weight is 235 g/mol. The van der Waals surface area contributed by atoms with E-state index >= 15 is 0 Å². The van der Waals surface area contributed by atoms with Crippen LogP contribution in [0.5, 0.6) is 0 Å². The van der Waals surface area contributed by atoms with E-state index in [0.29, 0.717) is 11.6 Å². The Balaban J connectivity index is 1.95.